The van der Waals surface area contributed by atoms with Crippen molar-refractivity contribution in [3.8, 4) is 11.8 Å². The zero-order chi connectivity index (χ0) is 14.6. The van der Waals surface area contributed by atoms with E-state index in [0.717, 1.165) is 34.4 Å². The highest BCUT2D eigenvalue weighted by molar-refractivity contribution is 9.10. The Bertz CT molecular complexity index is 506. The standard InChI is InChI=1S/C15H21BrN2O/c1-10-11(2)15(19-5)14(12(3)13(10)16)18(4)9-7-6-8-17/h6-7,9H2,1-5H3. The first-order valence-corrected chi connectivity index (χ1v) is 7.16. The summed E-state index contributed by atoms with van der Waals surface area (Å²) >= 11 is 3.66. The zero-order valence-corrected chi connectivity index (χ0v) is 13.9. The number of nitriles is 1. The maximum Gasteiger partial charge on any atom is 0.145 e. The number of ether oxygens (including phenoxy) is 1. The van der Waals surface area contributed by atoms with E-state index >= 15 is 0 Å². The van der Waals surface area contributed by atoms with Gasteiger partial charge in [0.2, 0.25) is 0 Å². The zero-order valence-electron chi connectivity index (χ0n) is 12.3. The average Bonchev–Trinajstić information content (AvgIpc) is 2.40. The van der Waals surface area contributed by atoms with Crippen LogP contribution in [0, 0.1) is 32.1 Å². The molecule has 1 rings (SSSR count). The molecule has 0 aliphatic carbocycles. The molecular weight excluding hydrogens is 304 g/mol. The molecule has 0 aromatic heterocycles. The van der Waals surface area contributed by atoms with Gasteiger partial charge >= 0.3 is 0 Å². The lowest BCUT2D eigenvalue weighted by Crippen LogP contribution is -2.21. The third kappa shape index (κ3) is 3.22. The second-order valence-corrected chi connectivity index (χ2v) is 5.55. The van der Waals surface area contributed by atoms with Crippen molar-refractivity contribution in [2.45, 2.75) is 33.6 Å². The van der Waals surface area contributed by atoms with Crippen LogP contribution in [0.4, 0.5) is 5.69 Å². The predicted octanol–water partition coefficient (Wildman–Crippen LogP) is 4.12. The number of nitrogens with zero attached hydrogens (tertiary/aromatic N) is 2. The van der Waals surface area contributed by atoms with Crippen LogP contribution in [0.3, 0.4) is 0 Å². The summed E-state index contributed by atoms with van der Waals surface area (Å²) in [6.45, 7) is 7.11. The normalized spacial score (nSPS) is 10.2. The van der Waals surface area contributed by atoms with E-state index in [1.54, 1.807) is 7.11 Å². The second kappa shape index (κ2) is 6.81. The lowest BCUT2D eigenvalue weighted by Gasteiger charge is -2.26. The minimum atomic E-state index is 0.581. The number of hydrogen-bond acceptors (Lipinski definition) is 3. The van der Waals surface area contributed by atoms with Gasteiger partial charge in [0.15, 0.2) is 0 Å². The molecule has 0 unspecified atom stereocenters. The Morgan fingerprint density at radius 1 is 1.21 bits per heavy atom. The highest BCUT2D eigenvalue weighted by atomic mass is 79.9. The predicted molar refractivity (Wildman–Crippen MR) is 83.0 cm³/mol. The fraction of sp³-hybridized carbons (Fsp3) is 0.533. The molecule has 0 aliphatic rings. The Hall–Kier alpha value is -1.21. The molecule has 104 valence electrons. The first-order valence-electron chi connectivity index (χ1n) is 6.37. The van der Waals surface area contributed by atoms with Gasteiger partial charge in [0, 0.05) is 24.5 Å². The van der Waals surface area contributed by atoms with Crippen molar-refractivity contribution in [1.29, 1.82) is 5.26 Å². The molecule has 0 aliphatic heterocycles. The third-order valence-electron chi connectivity index (χ3n) is 3.50. The summed E-state index contributed by atoms with van der Waals surface area (Å²) < 4.78 is 6.73. The molecule has 0 radical (unpaired) electrons. The van der Waals surface area contributed by atoms with Crippen molar-refractivity contribution in [2.75, 3.05) is 25.6 Å². The van der Waals surface area contributed by atoms with Gasteiger partial charge in [-0.1, -0.05) is 15.9 Å². The number of benzene rings is 1. The summed E-state index contributed by atoms with van der Waals surface area (Å²) in [5, 5.41) is 8.63. The topological polar surface area (TPSA) is 36.3 Å². The number of unbranched alkanes of at least 4 members (excludes halogenated alkanes) is 1. The van der Waals surface area contributed by atoms with E-state index in [4.69, 9.17) is 10.00 Å². The molecule has 1 aromatic carbocycles. The Labute approximate surface area is 124 Å². The summed E-state index contributed by atoms with van der Waals surface area (Å²) in [6.07, 6.45) is 1.44. The van der Waals surface area contributed by atoms with Crippen molar-refractivity contribution < 1.29 is 4.74 Å². The minimum Gasteiger partial charge on any atom is -0.494 e. The molecule has 3 nitrogen and oxygen atoms in total. The van der Waals surface area contributed by atoms with Crippen LogP contribution in [0.1, 0.15) is 29.5 Å². The van der Waals surface area contributed by atoms with E-state index in [1.807, 2.05) is 7.05 Å². The Morgan fingerprint density at radius 2 is 1.84 bits per heavy atom. The largest absolute Gasteiger partial charge is 0.494 e. The SMILES string of the molecule is COc1c(C)c(C)c(Br)c(C)c1N(C)CCCC#N. The van der Waals surface area contributed by atoms with Crippen LogP contribution in [0.15, 0.2) is 4.47 Å². The highest BCUT2D eigenvalue weighted by Gasteiger charge is 2.19. The molecule has 0 amide bonds. The first kappa shape index (κ1) is 15.8. The van der Waals surface area contributed by atoms with Crippen molar-refractivity contribution in [2.24, 2.45) is 0 Å². The van der Waals surface area contributed by atoms with Crippen LogP contribution >= 0.6 is 15.9 Å². The van der Waals surface area contributed by atoms with Crippen LogP contribution in [0.2, 0.25) is 0 Å². The molecular formula is C15H21BrN2O. The molecule has 0 atom stereocenters. The van der Waals surface area contributed by atoms with Crippen molar-refractivity contribution in [3.63, 3.8) is 0 Å². The lowest BCUT2D eigenvalue weighted by atomic mass is 10.0. The van der Waals surface area contributed by atoms with E-state index in [-0.39, 0.29) is 0 Å². The summed E-state index contributed by atoms with van der Waals surface area (Å²) in [6, 6.07) is 2.18. The molecule has 0 spiro atoms. The molecule has 0 heterocycles. The third-order valence-corrected chi connectivity index (χ3v) is 4.69. The summed E-state index contributed by atoms with van der Waals surface area (Å²) in [5.41, 5.74) is 4.65. The highest BCUT2D eigenvalue weighted by Crippen LogP contribution is 2.41. The van der Waals surface area contributed by atoms with Gasteiger partial charge in [-0.3, -0.25) is 0 Å². The van der Waals surface area contributed by atoms with Gasteiger partial charge < -0.3 is 9.64 Å². The van der Waals surface area contributed by atoms with Crippen LogP contribution < -0.4 is 9.64 Å². The quantitative estimate of drug-likeness (QED) is 0.764. The Morgan fingerprint density at radius 3 is 2.37 bits per heavy atom. The van der Waals surface area contributed by atoms with Crippen molar-refractivity contribution >= 4 is 21.6 Å². The van der Waals surface area contributed by atoms with Gasteiger partial charge in [-0.15, -0.1) is 0 Å². The van der Waals surface area contributed by atoms with E-state index < -0.39 is 0 Å². The maximum absolute atomic E-state index is 8.63. The Kier molecular flexibility index (Phi) is 5.68. The number of methoxy groups -OCH3 is 1. The number of hydrogen-bond donors (Lipinski definition) is 0. The lowest BCUT2D eigenvalue weighted by molar-refractivity contribution is 0.411. The summed E-state index contributed by atoms with van der Waals surface area (Å²) in [7, 11) is 3.76. The fourth-order valence-electron chi connectivity index (χ4n) is 2.28. The monoisotopic (exact) mass is 324 g/mol. The number of halogens is 1. The van der Waals surface area contributed by atoms with Crippen LogP contribution in [-0.2, 0) is 0 Å². The van der Waals surface area contributed by atoms with E-state index in [0.29, 0.717) is 6.42 Å². The van der Waals surface area contributed by atoms with Crippen molar-refractivity contribution in [3.05, 3.63) is 21.2 Å². The molecule has 19 heavy (non-hydrogen) atoms. The van der Waals surface area contributed by atoms with E-state index in [2.05, 4.69) is 47.7 Å². The summed E-state index contributed by atoms with van der Waals surface area (Å²) in [5.74, 6) is 0.928. The van der Waals surface area contributed by atoms with Gasteiger partial charge in [-0.25, -0.2) is 0 Å². The average molecular weight is 325 g/mol. The second-order valence-electron chi connectivity index (χ2n) is 4.75. The van der Waals surface area contributed by atoms with Gasteiger partial charge in [0.1, 0.15) is 5.75 Å². The molecule has 4 heteroatoms. The summed E-state index contributed by atoms with van der Waals surface area (Å²) in [4.78, 5) is 2.17. The molecule has 0 saturated carbocycles. The molecule has 0 N–H and O–H groups in total. The first-order chi connectivity index (χ1) is 8.95. The van der Waals surface area contributed by atoms with Gasteiger partial charge in [-0.05, 0) is 43.9 Å². The maximum atomic E-state index is 8.63. The fourth-order valence-corrected chi connectivity index (χ4v) is 2.77. The molecule has 0 saturated heterocycles. The molecule has 1 aromatic rings. The van der Waals surface area contributed by atoms with Crippen LogP contribution in [0.5, 0.6) is 5.75 Å². The minimum absolute atomic E-state index is 0.581. The van der Waals surface area contributed by atoms with Gasteiger partial charge in [-0.2, -0.15) is 5.26 Å². The van der Waals surface area contributed by atoms with E-state index in [1.165, 1.54) is 11.1 Å². The van der Waals surface area contributed by atoms with Gasteiger partial charge in [0.25, 0.3) is 0 Å². The van der Waals surface area contributed by atoms with Crippen LogP contribution in [0.25, 0.3) is 0 Å². The van der Waals surface area contributed by atoms with E-state index in [9.17, 15) is 0 Å². The molecule has 0 bridgehead atoms. The Balaban J connectivity index is 3.22. The van der Waals surface area contributed by atoms with Crippen LogP contribution in [-0.4, -0.2) is 20.7 Å². The number of rotatable bonds is 5. The van der Waals surface area contributed by atoms with Crippen molar-refractivity contribution in [1.82, 2.24) is 0 Å². The number of anilines is 1. The molecule has 0 fully saturated rings. The smallest absolute Gasteiger partial charge is 0.145 e. The van der Waals surface area contributed by atoms with Gasteiger partial charge in [0.05, 0.1) is 18.9 Å².